The topological polar surface area (TPSA) is 75.4 Å². The highest BCUT2D eigenvalue weighted by molar-refractivity contribution is 6.02. The Labute approximate surface area is 166 Å². The highest BCUT2D eigenvalue weighted by Crippen LogP contribution is 2.46. The number of nitrogens with zero attached hydrogens (tertiary/aromatic N) is 1. The van der Waals surface area contributed by atoms with Gasteiger partial charge in [0, 0.05) is 29.1 Å². The van der Waals surface area contributed by atoms with Crippen molar-refractivity contribution >= 4 is 11.8 Å². The number of hydrogen-bond donors (Lipinski definition) is 2. The first kappa shape index (κ1) is 19.8. The van der Waals surface area contributed by atoms with Gasteiger partial charge in [-0.1, -0.05) is 48.5 Å². The summed E-state index contributed by atoms with van der Waals surface area (Å²) in [5.41, 5.74) is 8.59. The molecule has 0 unspecified atom stereocenters. The zero-order valence-corrected chi connectivity index (χ0v) is 16.6. The molecular formula is C23H27N3O2. The van der Waals surface area contributed by atoms with E-state index < -0.39 is 5.91 Å². The van der Waals surface area contributed by atoms with Crippen molar-refractivity contribution in [3.05, 3.63) is 82.9 Å². The van der Waals surface area contributed by atoms with Crippen molar-refractivity contribution < 1.29 is 9.59 Å². The SMILES string of the molecule is CN(C)[C@H](CNC(=O)C1=C[C@@]1(C)c1ccccc1)Cc1ccc(C(N)=O)cc1. The van der Waals surface area contributed by atoms with Gasteiger partial charge in [0.2, 0.25) is 11.8 Å². The molecule has 146 valence electrons. The molecule has 0 aliphatic heterocycles. The van der Waals surface area contributed by atoms with Crippen LogP contribution >= 0.6 is 0 Å². The molecule has 0 saturated carbocycles. The first-order chi connectivity index (χ1) is 13.3. The molecule has 2 aromatic carbocycles. The number of carbonyl (C=O) groups excluding carboxylic acids is 2. The molecule has 5 nitrogen and oxygen atoms in total. The Kier molecular flexibility index (Phi) is 5.66. The first-order valence-electron chi connectivity index (χ1n) is 9.43. The van der Waals surface area contributed by atoms with E-state index in [1.165, 1.54) is 0 Å². The molecule has 0 bridgehead atoms. The van der Waals surface area contributed by atoms with Gasteiger partial charge in [-0.15, -0.1) is 0 Å². The van der Waals surface area contributed by atoms with Crippen LogP contribution in [0.3, 0.4) is 0 Å². The number of nitrogens with two attached hydrogens (primary N) is 1. The lowest BCUT2D eigenvalue weighted by molar-refractivity contribution is -0.117. The molecule has 0 radical (unpaired) electrons. The third-order valence-corrected chi connectivity index (χ3v) is 5.47. The summed E-state index contributed by atoms with van der Waals surface area (Å²) in [6.45, 7) is 2.62. The summed E-state index contributed by atoms with van der Waals surface area (Å²) in [5.74, 6) is -0.440. The van der Waals surface area contributed by atoms with Crippen LogP contribution in [-0.4, -0.2) is 43.4 Å². The molecule has 3 N–H and O–H groups in total. The third-order valence-electron chi connectivity index (χ3n) is 5.47. The van der Waals surface area contributed by atoms with Crippen LogP contribution in [0.5, 0.6) is 0 Å². The van der Waals surface area contributed by atoms with Crippen molar-refractivity contribution in [1.29, 1.82) is 0 Å². The molecule has 5 heteroatoms. The van der Waals surface area contributed by atoms with Crippen molar-refractivity contribution in [2.75, 3.05) is 20.6 Å². The third kappa shape index (κ3) is 4.31. The minimum absolute atomic E-state index is 0.0118. The average Bonchev–Trinajstić information content (AvgIpc) is 3.39. The molecule has 0 aromatic heterocycles. The van der Waals surface area contributed by atoms with E-state index in [0.717, 1.165) is 23.1 Å². The summed E-state index contributed by atoms with van der Waals surface area (Å²) >= 11 is 0. The second-order valence-corrected chi connectivity index (χ2v) is 7.72. The fraction of sp³-hybridized carbons (Fsp3) is 0.304. The number of nitrogens with one attached hydrogen (secondary N) is 1. The summed E-state index contributed by atoms with van der Waals surface area (Å²) in [6, 6.07) is 17.5. The van der Waals surface area contributed by atoms with Gasteiger partial charge in [0.25, 0.3) is 0 Å². The van der Waals surface area contributed by atoms with Gasteiger partial charge in [-0.25, -0.2) is 0 Å². The quantitative estimate of drug-likeness (QED) is 0.741. The number of benzene rings is 2. The van der Waals surface area contributed by atoms with Crippen LogP contribution in [0.15, 0.2) is 66.2 Å². The maximum atomic E-state index is 12.6. The maximum Gasteiger partial charge on any atom is 0.248 e. The fourth-order valence-corrected chi connectivity index (χ4v) is 3.40. The maximum absolute atomic E-state index is 12.6. The number of carbonyl (C=O) groups is 2. The lowest BCUT2D eigenvalue weighted by Gasteiger charge is -2.25. The first-order valence-corrected chi connectivity index (χ1v) is 9.43. The number of rotatable bonds is 8. The van der Waals surface area contributed by atoms with Gasteiger partial charge < -0.3 is 16.0 Å². The van der Waals surface area contributed by atoms with E-state index in [1.54, 1.807) is 12.1 Å². The minimum atomic E-state index is -0.429. The summed E-state index contributed by atoms with van der Waals surface area (Å²) in [5, 5.41) is 3.08. The van der Waals surface area contributed by atoms with Crippen LogP contribution in [0.25, 0.3) is 0 Å². The van der Waals surface area contributed by atoms with Crippen molar-refractivity contribution in [1.82, 2.24) is 10.2 Å². The highest BCUT2D eigenvalue weighted by Gasteiger charge is 2.44. The average molecular weight is 377 g/mol. The van der Waals surface area contributed by atoms with Crippen molar-refractivity contribution in [3.8, 4) is 0 Å². The van der Waals surface area contributed by atoms with Gasteiger partial charge in [-0.2, -0.15) is 0 Å². The van der Waals surface area contributed by atoms with Gasteiger partial charge in [0.05, 0.1) is 0 Å². The van der Waals surface area contributed by atoms with E-state index in [2.05, 4.69) is 29.3 Å². The second kappa shape index (κ2) is 7.98. The number of hydrogen-bond acceptors (Lipinski definition) is 3. The highest BCUT2D eigenvalue weighted by atomic mass is 16.2. The van der Waals surface area contributed by atoms with Crippen molar-refractivity contribution in [3.63, 3.8) is 0 Å². The Morgan fingerprint density at radius 3 is 2.29 bits per heavy atom. The Morgan fingerprint density at radius 2 is 1.71 bits per heavy atom. The van der Waals surface area contributed by atoms with Crippen LogP contribution in [0.4, 0.5) is 0 Å². The molecule has 2 aromatic rings. The molecule has 2 amide bonds. The number of amides is 2. The molecule has 28 heavy (non-hydrogen) atoms. The molecule has 0 heterocycles. The van der Waals surface area contributed by atoms with Crippen molar-refractivity contribution in [2.24, 2.45) is 5.73 Å². The van der Waals surface area contributed by atoms with Crippen LogP contribution in [-0.2, 0) is 16.6 Å². The summed E-state index contributed by atoms with van der Waals surface area (Å²) in [4.78, 5) is 25.9. The van der Waals surface area contributed by atoms with E-state index in [-0.39, 0.29) is 17.4 Å². The molecule has 2 atom stereocenters. The predicted octanol–water partition coefficient (Wildman–Crippen LogP) is 2.27. The Balaban J connectivity index is 1.57. The van der Waals surface area contributed by atoms with E-state index in [1.807, 2.05) is 50.5 Å². The van der Waals surface area contributed by atoms with E-state index in [4.69, 9.17) is 5.73 Å². The normalized spacial score (nSPS) is 19.1. The molecule has 0 fully saturated rings. The number of likely N-dealkylation sites (N-methyl/N-ethyl adjacent to an activating group) is 1. The smallest absolute Gasteiger partial charge is 0.248 e. The Morgan fingerprint density at radius 1 is 1.07 bits per heavy atom. The lowest BCUT2D eigenvalue weighted by atomic mass is 9.92. The Hall–Kier alpha value is -2.92. The number of primary amides is 1. The van der Waals surface area contributed by atoms with Crippen molar-refractivity contribution in [2.45, 2.75) is 24.8 Å². The van der Waals surface area contributed by atoms with E-state index in [0.29, 0.717) is 12.1 Å². The van der Waals surface area contributed by atoms with E-state index >= 15 is 0 Å². The molecule has 0 saturated heterocycles. The zero-order chi connectivity index (χ0) is 20.3. The fourth-order valence-electron chi connectivity index (χ4n) is 3.40. The minimum Gasteiger partial charge on any atom is -0.366 e. The molecule has 1 aliphatic carbocycles. The van der Waals surface area contributed by atoms with Gasteiger partial charge in [0.15, 0.2) is 0 Å². The zero-order valence-electron chi connectivity index (χ0n) is 16.6. The summed E-state index contributed by atoms with van der Waals surface area (Å²) in [6.07, 6.45) is 2.78. The molecular weight excluding hydrogens is 350 g/mol. The van der Waals surface area contributed by atoms with Crippen LogP contribution < -0.4 is 11.1 Å². The molecule has 3 rings (SSSR count). The standard InChI is InChI=1S/C23H27N3O2/c1-23(18-7-5-4-6-8-18)14-20(23)22(28)25-15-19(26(2)3)13-16-9-11-17(12-10-16)21(24)27/h4-12,14,19H,13,15H2,1-3H3,(H2,24,27)(H,25,28)/t19-,23-/m0/s1. The largest absolute Gasteiger partial charge is 0.366 e. The van der Waals surface area contributed by atoms with Gasteiger partial charge in [0.1, 0.15) is 0 Å². The Bertz CT molecular complexity index is 888. The second-order valence-electron chi connectivity index (χ2n) is 7.72. The van der Waals surface area contributed by atoms with Crippen LogP contribution in [0, 0.1) is 0 Å². The van der Waals surface area contributed by atoms with Gasteiger partial charge in [-0.3, -0.25) is 9.59 Å². The van der Waals surface area contributed by atoms with Crippen LogP contribution in [0.1, 0.15) is 28.4 Å². The number of allylic oxidation sites excluding steroid dienone is 1. The predicted molar refractivity (Wildman–Crippen MR) is 111 cm³/mol. The van der Waals surface area contributed by atoms with Gasteiger partial charge >= 0.3 is 0 Å². The monoisotopic (exact) mass is 377 g/mol. The van der Waals surface area contributed by atoms with Crippen LogP contribution in [0.2, 0.25) is 0 Å². The molecule has 0 spiro atoms. The van der Waals surface area contributed by atoms with E-state index in [9.17, 15) is 9.59 Å². The summed E-state index contributed by atoms with van der Waals surface area (Å²) in [7, 11) is 4.00. The van der Waals surface area contributed by atoms with Gasteiger partial charge in [-0.05, 0) is 50.7 Å². The lowest BCUT2D eigenvalue weighted by Crippen LogP contribution is -2.42. The summed E-state index contributed by atoms with van der Waals surface area (Å²) < 4.78 is 0. The molecule has 1 aliphatic rings.